The molecular formula is C19H14N2O4. The predicted molar refractivity (Wildman–Crippen MR) is 97.0 cm³/mol. The Kier molecular flexibility index (Phi) is 3.28. The molecule has 0 heterocycles. The molecule has 0 amide bonds. The normalized spacial score (nSPS) is 12.8. The van der Waals surface area contributed by atoms with Crippen LogP contribution in [0.3, 0.4) is 0 Å². The Labute approximate surface area is 142 Å². The van der Waals surface area contributed by atoms with Crippen molar-refractivity contribution in [3.05, 3.63) is 74.3 Å². The molecule has 25 heavy (non-hydrogen) atoms. The first-order valence-corrected chi connectivity index (χ1v) is 7.94. The third-order valence-electron chi connectivity index (χ3n) is 4.76. The molecule has 4 rings (SSSR count). The van der Waals surface area contributed by atoms with Crippen molar-refractivity contribution in [2.75, 3.05) is 0 Å². The molecule has 4 aromatic rings. The summed E-state index contributed by atoms with van der Waals surface area (Å²) < 4.78 is 0. The minimum Gasteiger partial charge on any atom is -0.264 e. The minimum absolute atomic E-state index is 0.0276. The maximum absolute atomic E-state index is 11.8. The molecule has 1 atom stereocenters. The average Bonchev–Trinajstić information content (AvgIpc) is 2.58. The van der Waals surface area contributed by atoms with Crippen LogP contribution in [0, 0.1) is 20.2 Å². The zero-order valence-corrected chi connectivity index (χ0v) is 13.4. The van der Waals surface area contributed by atoms with Crippen LogP contribution in [0.5, 0.6) is 0 Å². The summed E-state index contributed by atoms with van der Waals surface area (Å²) >= 11 is 0. The molecule has 0 aromatic heterocycles. The van der Waals surface area contributed by atoms with Crippen LogP contribution in [0.1, 0.15) is 12.5 Å². The number of nitro groups is 2. The van der Waals surface area contributed by atoms with Gasteiger partial charge in [0, 0.05) is 29.2 Å². The number of rotatable bonds is 4. The molecule has 0 saturated heterocycles. The van der Waals surface area contributed by atoms with Gasteiger partial charge in [0.15, 0.2) is 0 Å². The molecule has 0 saturated carbocycles. The van der Waals surface area contributed by atoms with Crippen molar-refractivity contribution in [1.82, 2.24) is 0 Å². The summed E-state index contributed by atoms with van der Waals surface area (Å²) in [6.07, 6.45) is 0.0276. The van der Waals surface area contributed by atoms with Crippen LogP contribution in [0.2, 0.25) is 0 Å². The molecule has 0 aliphatic rings. The van der Waals surface area contributed by atoms with Gasteiger partial charge in [-0.15, -0.1) is 0 Å². The average molecular weight is 334 g/mol. The molecule has 4 aromatic carbocycles. The number of nitro benzene ring substituents is 1. The second-order valence-electron chi connectivity index (χ2n) is 6.34. The number of nitrogens with zero attached hydrogens (tertiary/aromatic N) is 2. The SMILES string of the molecule is CC(Cc1cc2ccc3cccc4ccc(c1[N+](=O)[O-])c2c34)[N+](=O)[O-]. The van der Waals surface area contributed by atoms with E-state index < -0.39 is 15.9 Å². The van der Waals surface area contributed by atoms with Gasteiger partial charge >= 0.3 is 0 Å². The zero-order chi connectivity index (χ0) is 17.7. The van der Waals surface area contributed by atoms with Gasteiger partial charge in [-0.3, -0.25) is 20.2 Å². The van der Waals surface area contributed by atoms with Crippen molar-refractivity contribution in [3.63, 3.8) is 0 Å². The van der Waals surface area contributed by atoms with Crippen LogP contribution in [0.25, 0.3) is 32.3 Å². The number of hydrogen-bond acceptors (Lipinski definition) is 4. The number of hydrogen-bond donors (Lipinski definition) is 0. The molecular weight excluding hydrogens is 320 g/mol. The molecule has 0 fully saturated rings. The Morgan fingerprint density at radius 3 is 2.20 bits per heavy atom. The molecule has 0 aliphatic heterocycles. The van der Waals surface area contributed by atoms with Gasteiger partial charge in [-0.25, -0.2) is 0 Å². The van der Waals surface area contributed by atoms with E-state index in [1.165, 1.54) is 6.92 Å². The fourth-order valence-corrected chi connectivity index (χ4v) is 3.62. The standard InChI is InChI=1S/C19H14N2O4/c1-11(20(22)23)9-15-10-14-6-5-12-3-2-4-13-7-8-16(18(14)17(12)13)19(15)21(24)25/h2-8,10-11H,9H2,1H3. The monoisotopic (exact) mass is 334 g/mol. The highest BCUT2D eigenvalue weighted by molar-refractivity contribution is 6.24. The summed E-state index contributed by atoms with van der Waals surface area (Å²) in [6.45, 7) is 1.47. The van der Waals surface area contributed by atoms with E-state index in [1.807, 2.05) is 36.4 Å². The summed E-state index contributed by atoms with van der Waals surface area (Å²) in [6, 6.07) is 14.3. The second-order valence-corrected chi connectivity index (χ2v) is 6.34. The Bertz CT molecular complexity index is 1140. The molecule has 124 valence electrons. The Morgan fingerprint density at radius 2 is 1.56 bits per heavy atom. The molecule has 0 aliphatic carbocycles. The number of benzene rings is 4. The first kappa shape index (κ1) is 15.3. The van der Waals surface area contributed by atoms with E-state index in [1.54, 1.807) is 12.1 Å². The van der Waals surface area contributed by atoms with E-state index in [9.17, 15) is 20.2 Å². The van der Waals surface area contributed by atoms with Crippen molar-refractivity contribution in [3.8, 4) is 0 Å². The van der Waals surface area contributed by atoms with E-state index in [0.29, 0.717) is 10.9 Å². The minimum atomic E-state index is -0.882. The Morgan fingerprint density at radius 1 is 0.920 bits per heavy atom. The van der Waals surface area contributed by atoms with Gasteiger partial charge in [0.1, 0.15) is 0 Å². The molecule has 0 spiro atoms. The van der Waals surface area contributed by atoms with Gasteiger partial charge < -0.3 is 0 Å². The lowest BCUT2D eigenvalue weighted by Gasteiger charge is -2.13. The van der Waals surface area contributed by atoms with Crippen LogP contribution in [-0.4, -0.2) is 15.9 Å². The lowest BCUT2D eigenvalue weighted by molar-refractivity contribution is -0.517. The summed E-state index contributed by atoms with van der Waals surface area (Å²) in [5.41, 5.74) is 0.375. The molecule has 0 radical (unpaired) electrons. The third kappa shape index (κ3) is 2.26. The van der Waals surface area contributed by atoms with Crippen molar-refractivity contribution >= 4 is 38.0 Å². The molecule has 1 unspecified atom stereocenters. The van der Waals surface area contributed by atoms with Crippen molar-refractivity contribution in [2.45, 2.75) is 19.4 Å². The summed E-state index contributed by atoms with van der Waals surface area (Å²) in [5, 5.41) is 28.1. The van der Waals surface area contributed by atoms with Gasteiger partial charge in [0.2, 0.25) is 6.04 Å². The fraction of sp³-hybridized carbons (Fsp3) is 0.158. The van der Waals surface area contributed by atoms with Crippen LogP contribution in [0.4, 0.5) is 5.69 Å². The van der Waals surface area contributed by atoms with Crippen LogP contribution in [0.15, 0.2) is 48.5 Å². The summed E-state index contributed by atoms with van der Waals surface area (Å²) in [5.74, 6) is 0. The van der Waals surface area contributed by atoms with Crippen LogP contribution < -0.4 is 0 Å². The maximum atomic E-state index is 11.8. The molecule has 6 heteroatoms. The second kappa shape index (κ2) is 5.37. The lowest BCUT2D eigenvalue weighted by Crippen LogP contribution is -2.18. The first-order chi connectivity index (χ1) is 12.0. The fourth-order valence-electron chi connectivity index (χ4n) is 3.62. The van der Waals surface area contributed by atoms with Crippen LogP contribution in [-0.2, 0) is 6.42 Å². The van der Waals surface area contributed by atoms with E-state index >= 15 is 0 Å². The van der Waals surface area contributed by atoms with Gasteiger partial charge in [0.25, 0.3) is 5.69 Å². The molecule has 0 N–H and O–H groups in total. The maximum Gasteiger partial charge on any atom is 0.280 e. The lowest BCUT2D eigenvalue weighted by atomic mass is 9.90. The zero-order valence-electron chi connectivity index (χ0n) is 13.4. The third-order valence-corrected chi connectivity index (χ3v) is 4.76. The Balaban J connectivity index is 2.12. The van der Waals surface area contributed by atoms with E-state index in [4.69, 9.17) is 0 Å². The highest BCUT2D eigenvalue weighted by Gasteiger charge is 2.26. The Hall–Kier alpha value is -3.28. The highest BCUT2D eigenvalue weighted by Crippen LogP contribution is 2.40. The molecule has 6 nitrogen and oxygen atoms in total. The summed E-state index contributed by atoms with van der Waals surface area (Å²) in [7, 11) is 0. The predicted octanol–water partition coefficient (Wildman–Crippen LogP) is 4.70. The molecule has 0 bridgehead atoms. The highest BCUT2D eigenvalue weighted by atomic mass is 16.6. The van der Waals surface area contributed by atoms with Gasteiger partial charge in [-0.1, -0.05) is 36.4 Å². The van der Waals surface area contributed by atoms with Gasteiger partial charge in [-0.2, -0.15) is 0 Å². The quantitative estimate of drug-likeness (QED) is 0.307. The van der Waals surface area contributed by atoms with Crippen molar-refractivity contribution in [1.29, 1.82) is 0 Å². The topological polar surface area (TPSA) is 86.3 Å². The van der Waals surface area contributed by atoms with E-state index in [2.05, 4.69) is 0 Å². The van der Waals surface area contributed by atoms with Crippen molar-refractivity contribution < 1.29 is 9.85 Å². The smallest absolute Gasteiger partial charge is 0.264 e. The first-order valence-electron chi connectivity index (χ1n) is 7.94. The van der Waals surface area contributed by atoms with Gasteiger partial charge in [0.05, 0.1) is 10.3 Å². The van der Waals surface area contributed by atoms with Crippen LogP contribution >= 0.6 is 0 Å². The van der Waals surface area contributed by atoms with E-state index in [-0.39, 0.29) is 12.1 Å². The summed E-state index contributed by atoms with van der Waals surface area (Å²) in [4.78, 5) is 21.9. The largest absolute Gasteiger partial charge is 0.280 e. The van der Waals surface area contributed by atoms with Gasteiger partial charge in [-0.05, 0) is 33.7 Å². The van der Waals surface area contributed by atoms with Crippen molar-refractivity contribution in [2.24, 2.45) is 0 Å². The van der Waals surface area contributed by atoms with E-state index in [0.717, 1.165) is 26.9 Å².